The molecule has 2 aromatic rings. The molecular formula is C18H21FN2O3. The molecule has 0 bridgehead atoms. The van der Waals surface area contributed by atoms with Gasteiger partial charge in [0.2, 0.25) is 5.91 Å². The fourth-order valence-corrected chi connectivity index (χ4v) is 3.07. The van der Waals surface area contributed by atoms with Gasteiger partial charge < -0.3 is 14.6 Å². The van der Waals surface area contributed by atoms with Crippen LogP contribution in [0, 0.1) is 19.7 Å². The van der Waals surface area contributed by atoms with Crippen LogP contribution in [0.2, 0.25) is 0 Å². The number of halogens is 1. The van der Waals surface area contributed by atoms with Crippen LogP contribution in [0.25, 0.3) is 0 Å². The minimum absolute atomic E-state index is 0.0934. The molecule has 1 aliphatic heterocycles. The molecule has 24 heavy (non-hydrogen) atoms. The van der Waals surface area contributed by atoms with E-state index < -0.39 is 0 Å². The molecule has 0 saturated carbocycles. The van der Waals surface area contributed by atoms with Gasteiger partial charge in [0.15, 0.2) is 0 Å². The fourth-order valence-electron chi connectivity index (χ4n) is 3.07. The van der Waals surface area contributed by atoms with Crippen molar-refractivity contribution in [2.75, 3.05) is 6.61 Å². The van der Waals surface area contributed by atoms with Crippen LogP contribution in [0.15, 0.2) is 28.8 Å². The molecule has 5 nitrogen and oxygen atoms in total. The van der Waals surface area contributed by atoms with E-state index in [1.54, 1.807) is 19.1 Å². The predicted octanol–water partition coefficient (Wildman–Crippen LogP) is 3.01. The highest BCUT2D eigenvalue weighted by Crippen LogP contribution is 2.27. The first-order chi connectivity index (χ1) is 11.5. The van der Waals surface area contributed by atoms with Gasteiger partial charge in [-0.3, -0.25) is 4.79 Å². The van der Waals surface area contributed by atoms with Gasteiger partial charge in [-0.2, -0.15) is 0 Å². The highest BCUT2D eigenvalue weighted by molar-refractivity contribution is 5.79. The minimum atomic E-state index is -0.299. The second kappa shape index (κ2) is 7.13. The largest absolute Gasteiger partial charge is 0.376 e. The van der Waals surface area contributed by atoms with Crippen molar-refractivity contribution in [1.82, 2.24) is 10.5 Å². The number of carbonyl (C=O) groups is 1. The van der Waals surface area contributed by atoms with Crippen molar-refractivity contribution >= 4 is 5.91 Å². The van der Waals surface area contributed by atoms with Crippen molar-refractivity contribution in [2.24, 2.45) is 0 Å². The fraction of sp³-hybridized carbons (Fsp3) is 0.444. The van der Waals surface area contributed by atoms with Gasteiger partial charge in [-0.1, -0.05) is 17.3 Å². The minimum Gasteiger partial charge on any atom is -0.376 e. The Kier molecular flexibility index (Phi) is 4.94. The number of nitrogens with one attached hydrogen (secondary N) is 1. The van der Waals surface area contributed by atoms with E-state index in [0.29, 0.717) is 12.4 Å². The van der Waals surface area contributed by atoms with Gasteiger partial charge in [-0.05, 0) is 44.4 Å². The molecule has 0 radical (unpaired) electrons. The molecule has 0 unspecified atom stereocenters. The zero-order valence-electron chi connectivity index (χ0n) is 13.8. The second-order valence-electron chi connectivity index (χ2n) is 6.13. The molecule has 3 rings (SSSR count). The summed E-state index contributed by atoms with van der Waals surface area (Å²) >= 11 is 0. The third-order valence-electron chi connectivity index (χ3n) is 4.40. The molecule has 0 aliphatic carbocycles. The van der Waals surface area contributed by atoms with E-state index in [1.807, 2.05) is 6.92 Å². The van der Waals surface area contributed by atoms with Crippen molar-refractivity contribution in [3.8, 4) is 0 Å². The first-order valence-electron chi connectivity index (χ1n) is 8.13. The lowest BCUT2D eigenvalue weighted by Gasteiger charge is -2.25. The van der Waals surface area contributed by atoms with Crippen LogP contribution >= 0.6 is 0 Å². The van der Waals surface area contributed by atoms with Crippen LogP contribution < -0.4 is 5.32 Å². The smallest absolute Gasteiger partial charge is 0.225 e. The number of carbonyl (C=O) groups excluding carboxylic acids is 1. The van der Waals surface area contributed by atoms with Crippen molar-refractivity contribution in [3.63, 3.8) is 0 Å². The highest BCUT2D eigenvalue weighted by Gasteiger charge is 2.29. The molecule has 1 amide bonds. The van der Waals surface area contributed by atoms with Gasteiger partial charge in [-0.25, -0.2) is 4.39 Å². The molecule has 0 spiro atoms. The van der Waals surface area contributed by atoms with Gasteiger partial charge in [0.25, 0.3) is 0 Å². The molecule has 1 aromatic heterocycles. The number of rotatable bonds is 5. The van der Waals surface area contributed by atoms with Crippen molar-refractivity contribution in [1.29, 1.82) is 0 Å². The maximum atomic E-state index is 13.2. The Hall–Kier alpha value is -2.21. The molecule has 128 valence electrons. The number of ether oxygens (including phenoxy) is 1. The first-order valence-corrected chi connectivity index (χ1v) is 8.13. The monoisotopic (exact) mass is 332 g/mol. The number of benzene rings is 1. The van der Waals surface area contributed by atoms with Crippen LogP contribution in [0.4, 0.5) is 4.39 Å². The Morgan fingerprint density at radius 2 is 2.12 bits per heavy atom. The Balaban J connectivity index is 1.76. The third kappa shape index (κ3) is 3.64. The quantitative estimate of drug-likeness (QED) is 0.914. The van der Waals surface area contributed by atoms with E-state index in [1.165, 1.54) is 12.1 Å². The van der Waals surface area contributed by atoms with Gasteiger partial charge in [-0.15, -0.1) is 0 Å². The maximum absolute atomic E-state index is 13.2. The summed E-state index contributed by atoms with van der Waals surface area (Å²) in [4.78, 5) is 12.5. The number of aryl methyl sites for hydroxylation is 2. The van der Waals surface area contributed by atoms with Crippen LogP contribution in [0.1, 0.15) is 41.5 Å². The predicted molar refractivity (Wildman–Crippen MR) is 85.9 cm³/mol. The van der Waals surface area contributed by atoms with Crippen LogP contribution in [-0.2, 0) is 16.0 Å². The van der Waals surface area contributed by atoms with Gasteiger partial charge in [0.1, 0.15) is 11.6 Å². The Morgan fingerprint density at radius 1 is 1.38 bits per heavy atom. The number of nitrogens with zero attached hydrogens (tertiary/aromatic N) is 1. The average Bonchev–Trinajstić information content (AvgIpc) is 3.19. The van der Waals surface area contributed by atoms with E-state index in [9.17, 15) is 9.18 Å². The zero-order valence-corrected chi connectivity index (χ0v) is 13.8. The lowest BCUT2D eigenvalue weighted by atomic mass is 9.98. The highest BCUT2D eigenvalue weighted by atomic mass is 19.1. The van der Waals surface area contributed by atoms with Crippen LogP contribution in [0.5, 0.6) is 0 Å². The average molecular weight is 332 g/mol. The second-order valence-corrected chi connectivity index (χ2v) is 6.13. The molecule has 1 saturated heterocycles. The normalized spacial score (nSPS) is 18.5. The first kappa shape index (κ1) is 16.6. The molecule has 1 N–H and O–H groups in total. The lowest BCUT2D eigenvalue weighted by Crippen LogP contribution is -2.37. The SMILES string of the molecule is Cc1noc(C)c1CC(=O)N[C@H](c1ccc(F)cc1)[C@H]1CCCO1. The van der Waals surface area contributed by atoms with Crippen LogP contribution in [0.3, 0.4) is 0 Å². The summed E-state index contributed by atoms with van der Waals surface area (Å²) in [6.45, 7) is 4.29. The topological polar surface area (TPSA) is 64.4 Å². The molecule has 1 aromatic carbocycles. The van der Waals surface area contributed by atoms with E-state index in [-0.39, 0.29) is 30.3 Å². The zero-order chi connectivity index (χ0) is 17.1. The summed E-state index contributed by atoms with van der Waals surface area (Å²) in [5.41, 5.74) is 2.37. The third-order valence-corrected chi connectivity index (χ3v) is 4.40. The number of hydrogen-bond acceptors (Lipinski definition) is 4. The summed E-state index contributed by atoms with van der Waals surface area (Å²) in [7, 11) is 0. The summed E-state index contributed by atoms with van der Waals surface area (Å²) in [5, 5.41) is 6.90. The van der Waals surface area contributed by atoms with Crippen molar-refractivity contribution in [2.45, 2.75) is 45.3 Å². The van der Waals surface area contributed by atoms with Crippen LogP contribution in [-0.4, -0.2) is 23.8 Å². The Bertz CT molecular complexity index is 686. The summed E-state index contributed by atoms with van der Waals surface area (Å²) in [5.74, 6) is 0.221. The van der Waals surface area contributed by atoms with Crippen molar-refractivity contribution < 1.29 is 18.4 Å². The van der Waals surface area contributed by atoms with Gasteiger partial charge >= 0.3 is 0 Å². The maximum Gasteiger partial charge on any atom is 0.225 e. The van der Waals surface area contributed by atoms with E-state index in [2.05, 4.69) is 10.5 Å². The standard InChI is InChI=1S/C18H21FN2O3/c1-11-15(12(2)24-21-11)10-17(22)20-18(16-4-3-9-23-16)13-5-7-14(19)8-6-13/h5-8,16,18H,3-4,9-10H2,1-2H3,(H,20,22)/t16-,18-/m1/s1. The molecular weight excluding hydrogens is 311 g/mol. The number of aromatic nitrogens is 1. The number of amides is 1. The number of hydrogen-bond donors (Lipinski definition) is 1. The lowest BCUT2D eigenvalue weighted by molar-refractivity contribution is -0.122. The molecule has 2 atom stereocenters. The van der Waals surface area contributed by atoms with E-state index in [0.717, 1.165) is 29.7 Å². The van der Waals surface area contributed by atoms with Gasteiger partial charge in [0.05, 0.1) is 24.3 Å². The summed E-state index contributed by atoms with van der Waals surface area (Å²) in [6.07, 6.45) is 1.94. The molecule has 1 fully saturated rings. The summed E-state index contributed by atoms with van der Waals surface area (Å²) < 4.78 is 24.0. The van der Waals surface area contributed by atoms with Gasteiger partial charge in [0, 0.05) is 12.2 Å². The Morgan fingerprint density at radius 3 is 2.71 bits per heavy atom. The van der Waals surface area contributed by atoms with E-state index >= 15 is 0 Å². The molecule has 1 aliphatic rings. The molecule has 2 heterocycles. The summed E-state index contributed by atoms with van der Waals surface area (Å²) in [6, 6.07) is 5.90. The molecule has 6 heteroatoms. The Labute approximate surface area is 140 Å². The van der Waals surface area contributed by atoms with Crippen molar-refractivity contribution in [3.05, 3.63) is 52.7 Å². The van der Waals surface area contributed by atoms with E-state index in [4.69, 9.17) is 9.26 Å².